The van der Waals surface area contributed by atoms with E-state index in [2.05, 4.69) is 22.9 Å². The van der Waals surface area contributed by atoms with Gasteiger partial charge in [-0.25, -0.2) is 4.79 Å². The summed E-state index contributed by atoms with van der Waals surface area (Å²) < 4.78 is 53.3. The Kier molecular flexibility index (Phi) is 15.5. The van der Waals surface area contributed by atoms with E-state index in [9.17, 15) is 24.9 Å². The minimum Gasteiger partial charge on any atom is -0.459 e. The Labute approximate surface area is 359 Å². The highest BCUT2D eigenvalue weighted by Crippen LogP contribution is 2.49. The maximum Gasteiger partial charge on any atom is 0.338 e. The van der Waals surface area contributed by atoms with Crippen LogP contribution in [0.25, 0.3) is 0 Å². The van der Waals surface area contributed by atoms with Crippen molar-refractivity contribution in [3.8, 4) is 0 Å². The predicted octanol–water partition coefficient (Wildman–Crippen LogP) is 5.25. The molecule has 0 saturated carbocycles. The lowest BCUT2D eigenvalue weighted by Gasteiger charge is -2.49. The van der Waals surface area contributed by atoms with Crippen LogP contribution >= 0.6 is 15.9 Å². The van der Waals surface area contributed by atoms with Crippen LogP contribution in [0.2, 0.25) is 0 Å². The lowest BCUT2D eigenvalue weighted by molar-refractivity contribution is -0.317. The molecule has 0 amide bonds. The Balaban J connectivity index is 1.62. The summed E-state index contributed by atoms with van der Waals surface area (Å²) in [6.45, 7) is 18.3. The Morgan fingerprint density at radius 3 is 2.25 bits per heavy atom. The van der Waals surface area contributed by atoms with Crippen molar-refractivity contribution in [1.29, 1.82) is 0 Å². The van der Waals surface area contributed by atoms with Crippen LogP contribution in [-0.2, 0) is 42.7 Å². The molecule has 4 saturated heterocycles. The number of benzene rings is 1. The molecule has 14 nitrogen and oxygen atoms in total. The number of nitrogens with zero attached hydrogens (tertiary/aromatic N) is 1. The van der Waals surface area contributed by atoms with Crippen molar-refractivity contribution >= 4 is 27.9 Å². The minimum atomic E-state index is -1.82. The summed E-state index contributed by atoms with van der Waals surface area (Å²) in [5, 5.41) is 34.1. The molecule has 4 aliphatic rings. The highest BCUT2D eigenvalue weighted by Gasteiger charge is 2.59. The maximum absolute atomic E-state index is 14.5. The summed E-state index contributed by atoms with van der Waals surface area (Å²) in [7, 11) is 5.38. The lowest BCUT2D eigenvalue weighted by Crippen LogP contribution is -2.61. The van der Waals surface area contributed by atoms with E-state index in [0.717, 1.165) is 4.47 Å². The standard InChI is InChI=1S/C44H70BrNO13/c1-14-31(47)44(10,51)38-24(4)33-22(2)20-43(9,59-33)37(25(5)34(26(6)39(49)57-38)55-32-21-42(8,52-13)36(48)27(7)54-32)58-41-35(30(46(11)12)19-23(3)53-41)56-40(50)28-15-17-29(45)18-16-28/h15-18,22-27,30-38,41,47-48,51H,14,19-21H2,1-13H3/t22?,23?,24-,25-,26+,27?,30?,31+,32-,33?,34-,35?,36-,37+,38+,41-,42?,43+,44+/m0/s1. The van der Waals surface area contributed by atoms with Crippen molar-refractivity contribution in [3.63, 3.8) is 0 Å². The van der Waals surface area contributed by atoms with E-state index in [1.54, 1.807) is 52.0 Å². The predicted molar refractivity (Wildman–Crippen MR) is 221 cm³/mol. The molecule has 4 aliphatic heterocycles. The maximum atomic E-state index is 14.5. The average molecular weight is 901 g/mol. The van der Waals surface area contributed by atoms with Gasteiger partial charge in [0.1, 0.15) is 17.8 Å². The summed E-state index contributed by atoms with van der Waals surface area (Å²) in [6.07, 6.45) is -7.97. The summed E-state index contributed by atoms with van der Waals surface area (Å²) in [5.41, 5.74) is -3.51. The van der Waals surface area contributed by atoms with Gasteiger partial charge >= 0.3 is 11.9 Å². The number of carbonyl (C=O) groups excluding carboxylic acids is 2. The monoisotopic (exact) mass is 899 g/mol. The molecule has 3 N–H and O–H groups in total. The number of likely N-dealkylation sites (N-methyl/N-ethyl adjacent to an activating group) is 1. The minimum absolute atomic E-state index is 0.113. The number of carbonyl (C=O) groups is 2. The third-order valence-electron chi connectivity index (χ3n) is 13.7. The molecule has 7 unspecified atom stereocenters. The lowest BCUT2D eigenvalue weighted by atomic mass is 9.76. The topological polar surface area (TPSA) is 172 Å². The van der Waals surface area contributed by atoms with Crippen molar-refractivity contribution < 1.29 is 62.8 Å². The van der Waals surface area contributed by atoms with Crippen LogP contribution < -0.4 is 0 Å². The number of methoxy groups -OCH3 is 1. The number of fused-ring (bicyclic) bond motifs is 2. The van der Waals surface area contributed by atoms with Gasteiger partial charge in [-0.15, -0.1) is 0 Å². The molecule has 1 aromatic rings. The van der Waals surface area contributed by atoms with Crippen LogP contribution in [0.1, 0.15) is 105 Å². The van der Waals surface area contributed by atoms with E-state index >= 15 is 0 Å². The zero-order chi connectivity index (χ0) is 43.9. The van der Waals surface area contributed by atoms with Gasteiger partial charge in [0.15, 0.2) is 18.7 Å². The number of hydrogen-bond donors (Lipinski definition) is 3. The van der Waals surface area contributed by atoms with Crippen LogP contribution in [0.15, 0.2) is 28.7 Å². The Morgan fingerprint density at radius 1 is 1.02 bits per heavy atom. The number of rotatable bonds is 11. The highest BCUT2D eigenvalue weighted by atomic mass is 79.9. The molecular formula is C44H70BrNO13. The molecule has 5 rings (SSSR count). The molecule has 0 aliphatic carbocycles. The van der Waals surface area contributed by atoms with E-state index in [0.29, 0.717) is 18.4 Å². The summed E-state index contributed by atoms with van der Waals surface area (Å²) in [5.74, 6) is -3.46. The zero-order valence-electron chi connectivity index (χ0n) is 37.1. The van der Waals surface area contributed by atoms with Crippen LogP contribution in [0.4, 0.5) is 0 Å². The smallest absolute Gasteiger partial charge is 0.338 e. The summed E-state index contributed by atoms with van der Waals surface area (Å²) in [4.78, 5) is 30.3. The first-order valence-electron chi connectivity index (χ1n) is 21.2. The second-order valence-electron chi connectivity index (χ2n) is 18.6. The average Bonchev–Trinajstić information content (AvgIpc) is 3.50. The van der Waals surface area contributed by atoms with E-state index in [1.165, 1.54) is 14.0 Å². The third-order valence-corrected chi connectivity index (χ3v) is 14.2. The van der Waals surface area contributed by atoms with Crippen LogP contribution in [0.5, 0.6) is 0 Å². The van der Waals surface area contributed by atoms with E-state index < -0.39 is 108 Å². The molecule has 19 atom stereocenters. The van der Waals surface area contributed by atoms with E-state index in [4.69, 9.17) is 37.9 Å². The fraction of sp³-hybridized carbons (Fsp3) is 0.818. The van der Waals surface area contributed by atoms with Crippen LogP contribution in [0.3, 0.4) is 0 Å². The molecule has 0 aromatic heterocycles. The number of cyclic esters (lactones) is 1. The fourth-order valence-electron chi connectivity index (χ4n) is 10.1. The van der Waals surface area contributed by atoms with Gasteiger partial charge < -0.3 is 58.1 Å². The first kappa shape index (κ1) is 48.3. The second kappa shape index (κ2) is 18.9. The largest absolute Gasteiger partial charge is 0.459 e. The second-order valence-corrected chi connectivity index (χ2v) is 19.6. The quantitative estimate of drug-likeness (QED) is 0.246. The van der Waals surface area contributed by atoms with Crippen molar-refractivity contribution in [3.05, 3.63) is 34.3 Å². The van der Waals surface area contributed by atoms with Crippen molar-refractivity contribution in [2.24, 2.45) is 23.7 Å². The van der Waals surface area contributed by atoms with Gasteiger partial charge in [-0.3, -0.25) is 4.79 Å². The van der Waals surface area contributed by atoms with Crippen molar-refractivity contribution in [2.75, 3.05) is 21.2 Å². The van der Waals surface area contributed by atoms with Gasteiger partial charge in [0.2, 0.25) is 0 Å². The number of esters is 2. The molecule has 0 spiro atoms. The molecular weight excluding hydrogens is 830 g/mol. The van der Waals surface area contributed by atoms with Gasteiger partial charge in [0.25, 0.3) is 0 Å². The van der Waals surface area contributed by atoms with Gasteiger partial charge in [-0.1, -0.05) is 43.6 Å². The van der Waals surface area contributed by atoms with Crippen LogP contribution in [-0.4, -0.2) is 144 Å². The van der Waals surface area contributed by atoms with E-state index in [1.807, 2.05) is 46.7 Å². The number of aliphatic hydroxyl groups is 3. The van der Waals surface area contributed by atoms with Gasteiger partial charge in [0, 0.05) is 29.8 Å². The fourth-order valence-corrected chi connectivity index (χ4v) is 10.4. The van der Waals surface area contributed by atoms with Crippen molar-refractivity contribution in [1.82, 2.24) is 4.90 Å². The Bertz CT molecular complexity index is 1580. The third kappa shape index (κ3) is 10.1. The van der Waals surface area contributed by atoms with Gasteiger partial charge in [-0.2, -0.15) is 0 Å². The molecule has 4 fully saturated rings. The Morgan fingerprint density at radius 2 is 1.66 bits per heavy atom. The Hall–Kier alpha value is -1.76. The SMILES string of the molecule is CC[C@@H](O)[C@@](C)(O)[C@@H]1OC(=O)[C@H](C)[C@@H](O[C@H]2CC(C)(OC)[C@@H](O)C(C)O2)[C@H](C)[C@@H](O[C@@H]2OC(C)CC(N(C)C)C2OC(=O)c2ccc(Br)cc2)[C@@]2(C)CC(C)C(O2)[C@@H]1C. The number of ether oxygens (including phenoxy) is 8. The van der Waals surface area contributed by atoms with Crippen LogP contribution in [0, 0.1) is 23.7 Å². The molecule has 0 radical (unpaired) electrons. The summed E-state index contributed by atoms with van der Waals surface area (Å²) >= 11 is 3.44. The van der Waals surface area contributed by atoms with Crippen molar-refractivity contribution in [2.45, 2.75) is 185 Å². The molecule has 2 bridgehead atoms. The zero-order valence-corrected chi connectivity index (χ0v) is 38.7. The van der Waals surface area contributed by atoms with E-state index in [-0.39, 0.29) is 30.9 Å². The summed E-state index contributed by atoms with van der Waals surface area (Å²) in [6, 6.07) is 6.65. The molecule has 15 heteroatoms. The van der Waals surface area contributed by atoms with Gasteiger partial charge in [-0.05, 0) is 105 Å². The normalized spacial score (nSPS) is 43.6. The first-order valence-corrected chi connectivity index (χ1v) is 22.0. The number of hydrogen-bond acceptors (Lipinski definition) is 14. The molecule has 59 heavy (non-hydrogen) atoms. The molecule has 336 valence electrons. The first-order chi connectivity index (χ1) is 27.5. The number of aliphatic hydroxyl groups excluding tert-OH is 2. The highest BCUT2D eigenvalue weighted by molar-refractivity contribution is 9.10. The van der Waals surface area contributed by atoms with Gasteiger partial charge in [0.05, 0.1) is 65.3 Å². The number of halogens is 1. The molecule has 1 aromatic carbocycles. The molecule has 4 heterocycles.